The smallest absolute Gasteiger partial charge is 0.247 e. The third-order valence-electron chi connectivity index (χ3n) is 8.63. The minimum atomic E-state index is -0.897. The lowest BCUT2D eigenvalue weighted by atomic mass is 9.74. The molecule has 204 valence electrons. The highest BCUT2D eigenvalue weighted by molar-refractivity contribution is 8.02. The first-order valence-corrected chi connectivity index (χ1v) is 14.8. The number of carbonyl (C=O) groups is 3. The Morgan fingerprint density at radius 3 is 2.26 bits per heavy atom. The fourth-order valence-corrected chi connectivity index (χ4v) is 9.09. The molecule has 0 aromatic heterocycles. The fraction of sp³-hybridized carbons (Fsp3) is 0.567. The van der Waals surface area contributed by atoms with Crippen molar-refractivity contribution in [1.82, 2.24) is 14.7 Å². The van der Waals surface area contributed by atoms with Gasteiger partial charge in [0.25, 0.3) is 0 Å². The maximum Gasteiger partial charge on any atom is 0.247 e. The van der Waals surface area contributed by atoms with E-state index in [4.69, 9.17) is 0 Å². The monoisotopic (exact) mass is 537 g/mol. The number of unbranched alkanes of at least 4 members (excludes halogenated alkanes) is 1. The van der Waals surface area contributed by atoms with Crippen LogP contribution < -0.4 is 0 Å². The lowest BCUT2D eigenvalue weighted by molar-refractivity contribution is -0.147. The summed E-state index contributed by atoms with van der Waals surface area (Å²) in [7, 11) is 0. The second kappa shape index (κ2) is 10.5. The Kier molecular flexibility index (Phi) is 7.48. The van der Waals surface area contributed by atoms with Crippen LogP contribution in [0.15, 0.2) is 54.6 Å². The van der Waals surface area contributed by atoms with Crippen LogP contribution >= 0.6 is 11.8 Å². The summed E-state index contributed by atoms with van der Waals surface area (Å²) in [6.45, 7) is 8.15. The summed E-state index contributed by atoms with van der Waals surface area (Å²) in [6, 6.07) is 7.96. The first-order chi connectivity index (χ1) is 18.3. The molecular formula is C30H39N3O4S. The van der Waals surface area contributed by atoms with Crippen LogP contribution in [-0.2, 0) is 14.4 Å². The molecule has 0 aliphatic carbocycles. The summed E-state index contributed by atoms with van der Waals surface area (Å²) in [4.78, 5) is 48.4. The van der Waals surface area contributed by atoms with Gasteiger partial charge in [-0.3, -0.25) is 14.4 Å². The van der Waals surface area contributed by atoms with Crippen molar-refractivity contribution < 1.29 is 19.5 Å². The number of aliphatic hydroxyl groups excluding tert-OH is 1. The van der Waals surface area contributed by atoms with Gasteiger partial charge in [0.2, 0.25) is 17.7 Å². The molecule has 1 aromatic carbocycles. The number of likely N-dealkylation sites (tertiary alicyclic amines) is 1. The predicted octanol–water partition coefficient (Wildman–Crippen LogP) is 3.41. The van der Waals surface area contributed by atoms with Gasteiger partial charge in [-0.2, -0.15) is 0 Å². The molecule has 1 aromatic rings. The van der Waals surface area contributed by atoms with E-state index < -0.39 is 33.4 Å². The molecular weight excluding hydrogens is 498 g/mol. The number of nitrogens with zero attached hydrogens (tertiary/aromatic N) is 3. The summed E-state index contributed by atoms with van der Waals surface area (Å²) in [6.07, 6.45) is 10.9. The first kappa shape index (κ1) is 27.0. The Morgan fingerprint density at radius 1 is 0.921 bits per heavy atom. The van der Waals surface area contributed by atoms with Crippen LogP contribution in [0.4, 0.5) is 0 Å². The molecule has 1 unspecified atom stereocenters. The number of fused-ring (bicyclic) bond motifs is 2. The number of amides is 3. The zero-order valence-electron chi connectivity index (χ0n) is 22.6. The number of rotatable bonds is 8. The first-order valence-electron chi connectivity index (χ1n) is 13.9. The van der Waals surface area contributed by atoms with E-state index in [0.717, 1.165) is 24.8 Å². The number of benzene rings is 1. The van der Waals surface area contributed by atoms with Crippen LogP contribution in [0.5, 0.6) is 0 Å². The van der Waals surface area contributed by atoms with E-state index in [1.165, 1.54) is 0 Å². The van der Waals surface area contributed by atoms with Gasteiger partial charge < -0.3 is 19.8 Å². The molecule has 0 saturated carbocycles. The molecule has 38 heavy (non-hydrogen) atoms. The minimum Gasteiger partial charge on any atom is -0.394 e. The van der Waals surface area contributed by atoms with Crippen molar-refractivity contribution in [2.45, 2.75) is 61.6 Å². The molecule has 4 heterocycles. The molecule has 2 saturated heterocycles. The van der Waals surface area contributed by atoms with E-state index in [2.05, 4.69) is 19.1 Å². The van der Waals surface area contributed by atoms with Crippen molar-refractivity contribution in [2.75, 3.05) is 32.8 Å². The molecule has 2 fully saturated rings. The van der Waals surface area contributed by atoms with Crippen LogP contribution in [0.25, 0.3) is 0 Å². The van der Waals surface area contributed by atoms with E-state index in [1.54, 1.807) is 16.7 Å². The molecule has 4 aliphatic rings. The van der Waals surface area contributed by atoms with Gasteiger partial charge in [-0.25, -0.2) is 0 Å². The molecule has 3 amide bonds. The SMILES string of the molecule is CCCCN1CC=C[C@]23S[C@]4(C)C=CCN(CCC)C(=O)[C@@H]4[C@H]2C(=O)N([C@H](CO)c2ccccc2)C3C1=O. The third-order valence-corrected chi connectivity index (χ3v) is 10.4. The number of hydrogen-bond donors (Lipinski definition) is 1. The zero-order valence-corrected chi connectivity index (χ0v) is 23.4. The van der Waals surface area contributed by atoms with Gasteiger partial charge in [0.05, 0.1) is 29.2 Å². The van der Waals surface area contributed by atoms with Crippen molar-refractivity contribution in [3.8, 4) is 0 Å². The Morgan fingerprint density at radius 2 is 1.61 bits per heavy atom. The average Bonchev–Trinajstić information content (AvgIpc) is 3.19. The Bertz CT molecular complexity index is 1140. The average molecular weight is 538 g/mol. The fourth-order valence-electron chi connectivity index (χ4n) is 6.94. The van der Waals surface area contributed by atoms with Crippen LogP contribution in [-0.4, -0.2) is 85.8 Å². The molecule has 0 radical (unpaired) electrons. The van der Waals surface area contributed by atoms with Gasteiger partial charge in [0.1, 0.15) is 6.04 Å². The van der Waals surface area contributed by atoms with Gasteiger partial charge in [-0.05, 0) is 25.3 Å². The maximum absolute atomic E-state index is 14.6. The molecule has 8 heteroatoms. The highest BCUT2D eigenvalue weighted by atomic mass is 32.2. The van der Waals surface area contributed by atoms with E-state index >= 15 is 0 Å². The lowest BCUT2D eigenvalue weighted by Crippen LogP contribution is -2.54. The normalized spacial score (nSPS) is 33.2. The molecule has 7 nitrogen and oxygen atoms in total. The standard InChI is InChI=1S/C30H39N3O4S/c1-4-6-17-32-19-11-15-30-24(23-26(35)31(16-5-2)18-10-14-29(23,3)38-30)27(36)33(25(30)28(32)37)22(20-34)21-12-8-7-9-13-21/h7-15,22-25,34H,4-6,16-20H2,1-3H3/t22-,23+,24+,25?,29-,30+/m1/s1. The summed E-state index contributed by atoms with van der Waals surface area (Å²) < 4.78 is -1.51. The Hall–Kier alpha value is -2.58. The minimum absolute atomic E-state index is 0.0177. The molecule has 1 spiro atoms. The molecule has 5 rings (SSSR count). The van der Waals surface area contributed by atoms with Gasteiger partial charge in [-0.15, -0.1) is 11.8 Å². The summed E-state index contributed by atoms with van der Waals surface area (Å²) in [5.41, 5.74) is 0.784. The second-order valence-corrected chi connectivity index (χ2v) is 12.9. The number of aliphatic hydroxyl groups is 1. The largest absolute Gasteiger partial charge is 0.394 e. The van der Waals surface area contributed by atoms with Crippen molar-refractivity contribution in [3.63, 3.8) is 0 Å². The summed E-state index contributed by atoms with van der Waals surface area (Å²) >= 11 is 1.60. The lowest BCUT2D eigenvalue weighted by Gasteiger charge is -2.40. The molecule has 1 N–H and O–H groups in total. The highest BCUT2D eigenvalue weighted by Gasteiger charge is 2.74. The van der Waals surface area contributed by atoms with Crippen molar-refractivity contribution in [3.05, 3.63) is 60.2 Å². The van der Waals surface area contributed by atoms with Gasteiger partial charge in [-0.1, -0.05) is 74.9 Å². The quantitative estimate of drug-likeness (QED) is 0.514. The number of thioether (sulfide) groups is 1. The molecule has 0 bridgehead atoms. The van der Waals surface area contributed by atoms with Crippen LogP contribution in [0.1, 0.15) is 51.6 Å². The highest BCUT2D eigenvalue weighted by Crippen LogP contribution is 2.66. The summed E-state index contributed by atoms with van der Waals surface area (Å²) in [5.74, 6) is -1.61. The maximum atomic E-state index is 14.6. The van der Waals surface area contributed by atoms with Gasteiger partial charge in [0, 0.05) is 30.9 Å². The van der Waals surface area contributed by atoms with Crippen molar-refractivity contribution in [1.29, 1.82) is 0 Å². The topological polar surface area (TPSA) is 81.2 Å². The van der Waals surface area contributed by atoms with E-state index in [-0.39, 0.29) is 24.3 Å². The van der Waals surface area contributed by atoms with Crippen LogP contribution in [0.2, 0.25) is 0 Å². The second-order valence-electron chi connectivity index (χ2n) is 11.1. The number of carbonyl (C=O) groups excluding carboxylic acids is 3. The Labute approximate surface area is 229 Å². The van der Waals surface area contributed by atoms with Gasteiger partial charge in [0.15, 0.2) is 0 Å². The molecule has 6 atom stereocenters. The van der Waals surface area contributed by atoms with E-state index in [1.807, 2.05) is 66.1 Å². The predicted molar refractivity (Wildman–Crippen MR) is 149 cm³/mol. The molecule has 4 aliphatic heterocycles. The Balaban J connectivity index is 1.67. The van der Waals surface area contributed by atoms with Crippen LogP contribution in [0, 0.1) is 11.8 Å². The van der Waals surface area contributed by atoms with E-state index in [9.17, 15) is 19.5 Å². The van der Waals surface area contributed by atoms with Crippen molar-refractivity contribution in [2.24, 2.45) is 11.8 Å². The summed E-state index contributed by atoms with van der Waals surface area (Å²) in [5, 5.41) is 10.6. The van der Waals surface area contributed by atoms with Gasteiger partial charge >= 0.3 is 0 Å². The van der Waals surface area contributed by atoms with Crippen molar-refractivity contribution >= 4 is 29.5 Å². The number of hydrogen-bond acceptors (Lipinski definition) is 5. The third kappa shape index (κ3) is 4.11. The van der Waals surface area contributed by atoms with E-state index in [0.29, 0.717) is 26.2 Å². The zero-order chi connectivity index (χ0) is 27.1. The van der Waals surface area contributed by atoms with Crippen LogP contribution in [0.3, 0.4) is 0 Å².